The Morgan fingerprint density at radius 2 is 1.77 bits per heavy atom. The van der Waals surface area contributed by atoms with Gasteiger partial charge in [-0.15, -0.1) is 0 Å². The van der Waals surface area contributed by atoms with Crippen LogP contribution in [0.15, 0.2) is 60.8 Å². The van der Waals surface area contributed by atoms with Crippen LogP contribution in [-0.2, 0) is 6.54 Å². The van der Waals surface area contributed by atoms with Crippen LogP contribution in [0.1, 0.15) is 28.9 Å². The van der Waals surface area contributed by atoms with E-state index in [1.54, 1.807) is 0 Å². The van der Waals surface area contributed by atoms with Crippen molar-refractivity contribution in [2.45, 2.75) is 19.5 Å². The number of fused-ring (bicyclic) bond motifs is 1. The Bertz CT molecular complexity index is 916. The van der Waals surface area contributed by atoms with Crippen LogP contribution in [0.5, 0.6) is 0 Å². The number of rotatable bonds is 3. The maximum atomic E-state index is 13.5. The fraction of sp³-hybridized carbons (Fsp3) is 0.318. The average Bonchev–Trinajstić information content (AvgIpc) is 3.07. The molecule has 3 aromatic rings. The van der Waals surface area contributed by atoms with Crippen LogP contribution in [0.4, 0.5) is 0 Å². The number of likely N-dealkylation sites (N-methyl/N-ethyl adjacent to an activating group) is 1. The summed E-state index contributed by atoms with van der Waals surface area (Å²) in [6.45, 7) is 5.49. The number of aryl methyl sites for hydroxylation is 1. The highest BCUT2D eigenvalue weighted by Crippen LogP contribution is 2.29. The first-order chi connectivity index (χ1) is 12.7. The quantitative estimate of drug-likeness (QED) is 0.721. The van der Waals surface area contributed by atoms with Gasteiger partial charge >= 0.3 is 0 Å². The summed E-state index contributed by atoms with van der Waals surface area (Å²) in [7, 11) is 2.13. The first-order valence-corrected chi connectivity index (χ1v) is 9.31. The first kappa shape index (κ1) is 16.9. The second kappa shape index (κ2) is 6.96. The zero-order valence-corrected chi connectivity index (χ0v) is 15.4. The van der Waals surface area contributed by atoms with E-state index in [1.165, 1.54) is 5.56 Å². The fourth-order valence-electron chi connectivity index (χ4n) is 3.96. The van der Waals surface area contributed by atoms with Gasteiger partial charge < -0.3 is 14.4 Å². The van der Waals surface area contributed by atoms with Crippen molar-refractivity contribution >= 4 is 16.8 Å². The maximum absolute atomic E-state index is 13.5. The fourth-order valence-corrected chi connectivity index (χ4v) is 3.96. The van der Waals surface area contributed by atoms with Gasteiger partial charge in [-0.25, -0.2) is 0 Å². The van der Waals surface area contributed by atoms with Gasteiger partial charge in [0.25, 0.3) is 5.91 Å². The summed E-state index contributed by atoms with van der Waals surface area (Å²) in [6.07, 6.45) is 2.02. The van der Waals surface area contributed by atoms with E-state index in [-0.39, 0.29) is 11.9 Å². The minimum atomic E-state index is 0.0891. The second-order valence-electron chi connectivity index (χ2n) is 7.03. The van der Waals surface area contributed by atoms with E-state index in [4.69, 9.17) is 0 Å². The monoisotopic (exact) mass is 347 g/mol. The van der Waals surface area contributed by atoms with Gasteiger partial charge in [0.15, 0.2) is 0 Å². The summed E-state index contributed by atoms with van der Waals surface area (Å²) < 4.78 is 2.16. The zero-order valence-electron chi connectivity index (χ0n) is 15.4. The molecule has 1 atom stereocenters. The number of amides is 1. The molecule has 134 valence electrons. The van der Waals surface area contributed by atoms with E-state index >= 15 is 0 Å². The van der Waals surface area contributed by atoms with Crippen molar-refractivity contribution in [3.63, 3.8) is 0 Å². The molecule has 0 saturated carbocycles. The van der Waals surface area contributed by atoms with Crippen molar-refractivity contribution in [2.24, 2.45) is 0 Å². The Hall–Kier alpha value is -2.59. The van der Waals surface area contributed by atoms with E-state index in [1.807, 2.05) is 24.4 Å². The van der Waals surface area contributed by atoms with Crippen LogP contribution in [0.3, 0.4) is 0 Å². The molecule has 0 aliphatic carbocycles. The molecule has 1 aliphatic heterocycles. The number of benzene rings is 2. The number of carbonyl (C=O) groups excluding carboxylic acids is 1. The number of para-hydroxylation sites is 1. The van der Waals surface area contributed by atoms with E-state index in [0.29, 0.717) is 0 Å². The predicted octanol–water partition coefficient (Wildman–Crippen LogP) is 3.79. The standard InChI is InChI=1S/C22H25N3O/c1-3-24-15-19(18-11-7-8-12-20(18)24)22(26)25-14-13-23(2)16-21(25)17-9-5-4-6-10-17/h4-12,15,21H,3,13-14,16H2,1-2H3/t21-/m1/s1. The molecule has 1 aliphatic rings. The summed E-state index contributed by atoms with van der Waals surface area (Å²) in [4.78, 5) is 17.9. The van der Waals surface area contributed by atoms with E-state index in [0.717, 1.165) is 42.6 Å². The SMILES string of the molecule is CCn1cc(C(=O)N2CCN(C)C[C@@H]2c2ccccc2)c2ccccc21. The van der Waals surface area contributed by atoms with Gasteiger partial charge in [0.05, 0.1) is 11.6 Å². The van der Waals surface area contributed by atoms with Gasteiger partial charge in [-0.3, -0.25) is 4.79 Å². The Balaban J connectivity index is 1.75. The molecule has 1 saturated heterocycles. The molecule has 4 nitrogen and oxygen atoms in total. The van der Waals surface area contributed by atoms with Crippen molar-refractivity contribution in [3.8, 4) is 0 Å². The summed E-state index contributed by atoms with van der Waals surface area (Å²) in [5.74, 6) is 0.135. The summed E-state index contributed by atoms with van der Waals surface area (Å²) >= 11 is 0. The third kappa shape index (κ3) is 2.90. The highest BCUT2D eigenvalue weighted by Gasteiger charge is 2.32. The molecule has 0 radical (unpaired) electrons. The molecule has 2 aromatic carbocycles. The van der Waals surface area contributed by atoms with Gasteiger partial charge in [-0.05, 0) is 25.6 Å². The van der Waals surface area contributed by atoms with Crippen molar-refractivity contribution < 1.29 is 4.79 Å². The van der Waals surface area contributed by atoms with E-state index in [9.17, 15) is 4.79 Å². The third-order valence-corrected chi connectivity index (χ3v) is 5.39. The molecular weight excluding hydrogens is 322 g/mol. The largest absolute Gasteiger partial charge is 0.347 e. The Morgan fingerprint density at radius 3 is 2.54 bits per heavy atom. The Kier molecular flexibility index (Phi) is 4.51. The van der Waals surface area contributed by atoms with E-state index < -0.39 is 0 Å². The number of aromatic nitrogens is 1. The van der Waals surface area contributed by atoms with Gasteiger partial charge in [-0.1, -0.05) is 48.5 Å². The average molecular weight is 347 g/mol. The highest BCUT2D eigenvalue weighted by atomic mass is 16.2. The lowest BCUT2D eigenvalue weighted by Gasteiger charge is -2.40. The molecule has 0 N–H and O–H groups in total. The van der Waals surface area contributed by atoms with Crippen molar-refractivity contribution in [3.05, 3.63) is 71.9 Å². The zero-order chi connectivity index (χ0) is 18.1. The highest BCUT2D eigenvalue weighted by molar-refractivity contribution is 6.07. The number of carbonyl (C=O) groups is 1. The molecule has 4 rings (SSSR count). The van der Waals surface area contributed by atoms with Crippen LogP contribution < -0.4 is 0 Å². The minimum Gasteiger partial charge on any atom is -0.347 e. The molecule has 0 spiro atoms. The summed E-state index contributed by atoms with van der Waals surface area (Å²) in [6, 6.07) is 18.7. The minimum absolute atomic E-state index is 0.0891. The molecule has 0 bridgehead atoms. The normalized spacial score (nSPS) is 18.4. The Morgan fingerprint density at radius 1 is 1.04 bits per heavy atom. The molecule has 2 heterocycles. The van der Waals surface area contributed by atoms with Crippen LogP contribution in [0.2, 0.25) is 0 Å². The van der Waals surface area contributed by atoms with Crippen LogP contribution in [0, 0.1) is 0 Å². The number of nitrogens with zero attached hydrogens (tertiary/aromatic N) is 3. The lowest BCUT2D eigenvalue weighted by molar-refractivity contribution is 0.0500. The third-order valence-electron chi connectivity index (χ3n) is 5.39. The molecule has 1 aromatic heterocycles. The van der Waals surface area contributed by atoms with Crippen LogP contribution >= 0.6 is 0 Å². The van der Waals surface area contributed by atoms with Crippen molar-refractivity contribution in [1.82, 2.24) is 14.4 Å². The maximum Gasteiger partial charge on any atom is 0.256 e. The number of hydrogen-bond acceptors (Lipinski definition) is 2. The smallest absolute Gasteiger partial charge is 0.256 e. The van der Waals surface area contributed by atoms with Crippen molar-refractivity contribution in [1.29, 1.82) is 0 Å². The van der Waals surface area contributed by atoms with Gasteiger partial charge in [-0.2, -0.15) is 0 Å². The molecular formula is C22H25N3O. The Labute approximate surface area is 154 Å². The van der Waals surface area contributed by atoms with Crippen molar-refractivity contribution in [2.75, 3.05) is 26.7 Å². The van der Waals surface area contributed by atoms with Crippen LogP contribution in [0.25, 0.3) is 10.9 Å². The molecule has 1 fully saturated rings. The topological polar surface area (TPSA) is 28.5 Å². The first-order valence-electron chi connectivity index (χ1n) is 9.31. The molecule has 26 heavy (non-hydrogen) atoms. The van der Waals surface area contributed by atoms with Gasteiger partial charge in [0, 0.05) is 43.3 Å². The van der Waals surface area contributed by atoms with E-state index in [2.05, 4.69) is 64.7 Å². The lowest BCUT2D eigenvalue weighted by Crippen LogP contribution is -2.49. The van der Waals surface area contributed by atoms with Gasteiger partial charge in [0.1, 0.15) is 0 Å². The van der Waals surface area contributed by atoms with Crippen LogP contribution in [-0.4, -0.2) is 47.0 Å². The molecule has 0 unspecified atom stereocenters. The second-order valence-corrected chi connectivity index (χ2v) is 7.03. The summed E-state index contributed by atoms with van der Waals surface area (Å²) in [5, 5.41) is 1.05. The predicted molar refractivity (Wildman–Crippen MR) is 105 cm³/mol. The lowest BCUT2D eigenvalue weighted by atomic mass is 10.0. The summed E-state index contributed by atoms with van der Waals surface area (Å²) in [5.41, 5.74) is 3.14. The molecule has 1 amide bonds. The number of piperazine rings is 1. The van der Waals surface area contributed by atoms with Gasteiger partial charge in [0.2, 0.25) is 0 Å². The number of hydrogen-bond donors (Lipinski definition) is 0. The molecule has 4 heteroatoms.